The lowest BCUT2D eigenvalue weighted by Gasteiger charge is -2.14. The Balaban J connectivity index is 3.24. The van der Waals surface area contributed by atoms with Gasteiger partial charge in [-0.05, 0) is 18.6 Å². The van der Waals surface area contributed by atoms with E-state index in [1.165, 1.54) is 6.92 Å². The summed E-state index contributed by atoms with van der Waals surface area (Å²) in [6.45, 7) is 1.32. The van der Waals surface area contributed by atoms with Gasteiger partial charge < -0.3 is 9.47 Å². The van der Waals surface area contributed by atoms with Crippen LogP contribution in [-0.4, -0.2) is 18.5 Å². The lowest BCUT2D eigenvalue weighted by atomic mass is 10.2. The number of ether oxygens (including phenoxy) is 2. The Morgan fingerprint density at radius 1 is 1.29 bits per heavy atom. The van der Waals surface area contributed by atoms with Crippen molar-refractivity contribution in [1.82, 2.24) is 4.98 Å². The van der Waals surface area contributed by atoms with Crippen LogP contribution >= 0.6 is 0 Å². The lowest BCUT2D eigenvalue weighted by molar-refractivity contribution is -0.276. The van der Waals surface area contributed by atoms with Crippen molar-refractivity contribution < 1.29 is 31.4 Å². The fourth-order valence-electron chi connectivity index (χ4n) is 1.20. The second kappa shape index (κ2) is 4.72. The second-order valence-corrected chi connectivity index (χ2v) is 3.05. The molecular formula is C9H8F5NO2. The summed E-state index contributed by atoms with van der Waals surface area (Å²) in [5, 5.41) is 0. The fourth-order valence-corrected chi connectivity index (χ4v) is 1.20. The summed E-state index contributed by atoms with van der Waals surface area (Å²) in [4.78, 5) is 3.07. The third-order valence-corrected chi connectivity index (χ3v) is 1.79. The highest BCUT2D eigenvalue weighted by molar-refractivity contribution is 5.42. The van der Waals surface area contributed by atoms with Gasteiger partial charge in [0.2, 0.25) is 0 Å². The topological polar surface area (TPSA) is 31.4 Å². The van der Waals surface area contributed by atoms with E-state index in [2.05, 4.69) is 14.5 Å². The maximum Gasteiger partial charge on any atom is 0.574 e. The van der Waals surface area contributed by atoms with E-state index in [-0.39, 0.29) is 11.3 Å². The van der Waals surface area contributed by atoms with Crippen LogP contribution in [0.25, 0.3) is 0 Å². The van der Waals surface area contributed by atoms with E-state index in [1.54, 1.807) is 0 Å². The molecule has 0 aliphatic rings. The number of aryl methyl sites for hydroxylation is 1. The molecule has 0 N–H and O–H groups in total. The average Bonchev–Trinajstić information content (AvgIpc) is 2.14. The van der Waals surface area contributed by atoms with Crippen LogP contribution in [0.3, 0.4) is 0 Å². The Morgan fingerprint density at radius 3 is 2.29 bits per heavy atom. The van der Waals surface area contributed by atoms with Crippen LogP contribution in [0.5, 0.6) is 11.6 Å². The number of hydrogen-bond donors (Lipinski definition) is 0. The van der Waals surface area contributed by atoms with Gasteiger partial charge in [-0.25, -0.2) is 13.8 Å². The van der Waals surface area contributed by atoms with Gasteiger partial charge in [0.15, 0.2) is 5.75 Å². The SMILES string of the molecule is COc1c(C)cc(C(F)F)nc1OC(F)(F)F. The minimum absolute atomic E-state index is 0.0806. The molecule has 0 radical (unpaired) electrons. The molecule has 0 amide bonds. The van der Waals surface area contributed by atoms with Gasteiger partial charge in [-0.3, -0.25) is 0 Å². The maximum absolute atomic E-state index is 12.4. The zero-order chi connectivity index (χ0) is 13.2. The fraction of sp³-hybridized carbons (Fsp3) is 0.444. The van der Waals surface area contributed by atoms with E-state index in [0.717, 1.165) is 13.2 Å². The van der Waals surface area contributed by atoms with Crippen LogP contribution in [0.4, 0.5) is 22.0 Å². The van der Waals surface area contributed by atoms with Crippen molar-refractivity contribution in [3.63, 3.8) is 0 Å². The molecule has 0 fully saturated rings. The highest BCUT2D eigenvalue weighted by Gasteiger charge is 2.34. The van der Waals surface area contributed by atoms with Gasteiger partial charge in [0, 0.05) is 0 Å². The number of halogens is 5. The first-order valence-corrected chi connectivity index (χ1v) is 4.34. The van der Waals surface area contributed by atoms with Crippen LogP contribution < -0.4 is 9.47 Å². The first-order valence-electron chi connectivity index (χ1n) is 4.34. The number of methoxy groups -OCH3 is 1. The summed E-state index contributed by atoms with van der Waals surface area (Å²) in [5.74, 6) is -1.35. The summed E-state index contributed by atoms with van der Waals surface area (Å²) in [6, 6.07) is 0.937. The van der Waals surface area contributed by atoms with Crippen LogP contribution in [0.2, 0.25) is 0 Å². The molecule has 0 saturated carbocycles. The summed E-state index contributed by atoms with van der Waals surface area (Å²) in [7, 11) is 1.09. The number of alkyl halides is 5. The quantitative estimate of drug-likeness (QED) is 0.779. The molecule has 96 valence electrons. The third kappa shape index (κ3) is 3.43. The molecule has 1 aromatic rings. The van der Waals surface area contributed by atoms with Crippen molar-refractivity contribution >= 4 is 0 Å². The minimum Gasteiger partial charge on any atom is -0.491 e. The molecule has 0 spiro atoms. The molecule has 0 unspecified atom stereocenters. The molecule has 0 atom stereocenters. The summed E-state index contributed by atoms with van der Waals surface area (Å²) < 4.78 is 68.9. The first-order chi connectivity index (χ1) is 7.74. The van der Waals surface area contributed by atoms with Gasteiger partial charge in [-0.2, -0.15) is 0 Å². The van der Waals surface area contributed by atoms with Gasteiger partial charge in [-0.15, -0.1) is 13.2 Å². The van der Waals surface area contributed by atoms with Crippen LogP contribution in [0, 0.1) is 6.92 Å². The Bertz CT molecular complexity index is 405. The van der Waals surface area contributed by atoms with E-state index >= 15 is 0 Å². The largest absolute Gasteiger partial charge is 0.574 e. The standard InChI is InChI=1S/C9H8F5NO2/c1-4-3-5(7(10)11)15-8(6(4)16-2)17-9(12,13)14/h3,7H,1-2H3. The molecular weight excluding hydrogens is 249 g/mol. The summed E-state index contributed by atoms with van der Waals surface area (Å²) in [6.07, 6.45) is -8.01. The van der Waals surface area contributed by atoms with Gasteiger partial charge >= 0.3 is 6.36 Å². The maximum atomic E-state index is 12.4. The number of nitrogens with zero attached hydrogens (tertiary/aromatic N) is 1. The van der Waals surface area contributed by atoms with Crippen molar-refractivity contribution in [3.8, 4) is 11.6 Å². The van der Waals surface area contributed by atoms with Crippen molar-refractivity contribution in [1.29, 1.82) is 0 Å². The number of pyridine rings is 1. The van der Waals surface area contributed by atoms with E-state index in [1.807, 2.05) is 0 Å². The zero-order valence-electron chi connectivity index (χ0n) is 8.81. The Morgan fingerprint density at radius 2 is 1.88 bits per heavy atom. The molecule has 3 nitrogen and oxygen atoms in total. The van der Waals surface area contributed by atoms with Crippen molar-refractivity contribution in [3.05, 3.63) is 17.3 Å². The lowest BCUT2D eigenvalue weighted by Crippen LogP contribution is -2.19. The Kier molecular flexibility index (Phi) is 3.74. The molecule has 8 heteroatoms. The minimum atomic E-state index is -5.02. The summed E-state index contributed by atoms with van der Waals surface area (Å²) in [5.41, 5.74) is -0.723. The number of hydrogen-bond acceptors (Lipinski definition) is 3. The Labute approximate surface area is 93.2 Å². The predicted molar refractivity (Wildman–Crippen MR) is 47.2 cm³/mol. The number of aromatic nitrogens is 1. The van der Waals surface area contributed by atoms with Gasteiger partial charge in [-0.1, -0.05) is 0 Å². The zero-order valence-corrected chi connectivity index (χ0v) is 8.81. The van der Waals surface area contributed by atoms with Crippen molar-refractivity contribution in [2.75, 3.05) is 7.11 Å². The van der Waals surface area contributed by atoms with Crippen LogP contribution in [0.1, 0.15) is 17.7 Å². The van der Waals surface area contributed by atoms with Gasteiger partial charge in [0.25, 0.3) is 12.3 Å². The number of rotatable bonds is 3. The molecule has 17 heavy (non-hydrogen) atoms. The second-order valence-electron chi connectivity index (χ2n) is 3.05. The molecule has 1 rings (SSSR count). The van der Waals surface area contributed by atoms with E-state index < -0.39 is 24.4 Å². The first kappa shape index (κ1) is 13.5. The Hall–Kier alpha value is -1.60. The van der Waals surface area contributed by atoms with Gasteiger partial charge in [0.1, 0.15) is 5.69 Å². The van der Waals surface area contributed by atoms with E-state index in [4.69, 9.17) is 0 Å². The van der Waals surface area contributed by atoms with E-state index in [0.29, 0.717) is 0 Å². The highest BCUT2D eigenvalue weighted by atomic mass is 19.4. The molecule has 0 bridgehead atoms. The van der Waals surface area contributed by atoms with Crippen LogP contribution in [0.15, 0.2) is 6.07 Å². The molecule has 0 saturated heterocycles. The smallest absolute Gasteiger partial charge is 0.491 e. The average molecular weight is 257 g/mol. The molecule has 0 aliphatic carbocycles. The molecule has 0 aromatic carbocycles. The summed E-state index contributed by atoms with van der Waals surface area (Å²) >= 11 is 0. The molecule has 1 aromatic heterocycles. The van der Waals surface area contributed by atoms with Crippen LogP contribution in [-0.2, 0) is 0 Å². The molecule has 1 heterocycles. The third-order valence-electron chi connectivity index (χ3n) is 1.79. The van der Waals surface area contributed by atoms with E-state index in [9.17, 15) is 22.0 Å². The predicted octanol–water partition coefficient (Wildman–Crippen LogP) is 3.23. The monoisotopic (exact) mass is 257 g/mol. The van der Waals surface area contributed by atoms with Crippen molar-refractivity contribution in [2.45, 2.75) is 19.7 Å². The van der Waals surface area contributed by atoms with Crippen molar-refractivity contribution in [2.24, 2.45) is 0 Å². The van der Waals surface area contributed by atoms with Gasteiger partial charge in [0.05, 0.1) is 7.11 Å². The highest BCUT2D eigenvalue weighted by Crippen LogP contribution is 2.35. The molecule has 0 aliphatic heterocycles. The normalized spacial score (nSPS) is 11.8.